The lowest BCUT2D eigenvalue weighted by atomic mass is 11.8. The third-order valence-corrected chi connectivity index (χ3v) is 19.0. The molecule has 0 unspecified atom stereocenters. The zero-order chi connectivity index (χ0) is 12.8. The summed E-state index contributed by atoms with van der Waals surface area (Å²) >= 11 is 0. The molecule has 7 nitrogen and oxygen atoms in total. The molecular formula is C6H18O7Si3. The molecule has 0 aromatic rings. The van der Waals surface area contributed by atoms with Crippen LogP contribution in [0.5, 0.6) is 0 Å². The molecule has 0 aromatic heterocycles. The minimum atomic E-state index is -3.29. The van der Waals surface area contributed by atoms with Crippen LogP contribution in [-0.4, -0.2) is 67.0 Å². The lowest BCUT2D eigenvalue weighted by Crippen LogP contribution is -2.68. The van der Waals surface area contributed by atoms with Crippen LogP contribution >= 0.6 is 0 Å². The predicted molar refractivity (Wildman–Crippen MR) is 60.0 cm³/mol. The highest BCUT2D eigenvalue weighted by molar-refractivity contribution is 7.47. The molecule has 0 radical (unpaired) electrons. The zero-order valence-corrected chi connectivity index (χ0v) is 13.4. The molecule has 0 rings (SSSR count). The Morgan fingerprint density at radius 2 is 0.812 bits per heavy atom. The zero-order valence-electron chi connectivity index (χ0n) is 10.4. The summed E-state index contributed by atoms with van der Waals surface area (Å²) in [6.07, 6.45) is 0. The van der Waals surface area contributed by atoms with Crippen LogP contribution in [0.2, 0.25) is 0 Å². The average Bonchev–Trinajstić information content (AvgIpc) is 2.35. The Hall–Kier alpha value is 0.211. The molecular weight excluding hydrogens is 268 g/mol. The lowest BCUT2D eigenvalue weighted by molar-refractivity contribution is 0.129. The third kappa shape index (κ3) is 2.72. The van der Waals surface area contributed by atoms with Gasteiger partial charge in [0.25, 0.3) is 0 Å². The Kier molecular flexibility index (Phi) is 6.92. The summed E-state index contributed by atoms with van der Waals surface area (Å²) in [6.45, 7) is 0. The van der Waals surface area contributed by atoms with E-state index < -0.39 is 24.4 Å². The first-order valence-electron chi connectivity index (χ1n) is 4.38. The molecule has 0 aliphatic carbocycles. The lowest BCUT2D eigenvalue weighted by Gasteiger charge is -2.29. The van der Waals surface area contributed by atoms with Crippen molar-refractivity contribution in [3.8, 4) is 0 Å². The molecule has 0 fully saturated rings. The predicted octanol–water partition coefficient (Wildman–Crippen LogP) is -0.679. The van der Waals surface area contributed by atoms with Crippen molar-refractivity contribution < 1.29 is 31.0 Å². The summed E-state index contributed by atoms with van der Waals surface area (Å²) in [6, 6.07) is 0. The van der Waals surface area contributed by atoms with Crippen molar-refractivity contribution in [2.45, 2.75) is 0 Å². The van der Waals surface area contributed by atoms with Crippen LogP contribution in [-0.2, 0) is 31.0 Å². The van der Waals surface area contributed by atoms with E-state index in [4.69, 9.17) is 26.6 Å². The van der Waals surface area contributed by atoms with E-state index in [-0.39, 0.29) is 0 Å². The van der Waals surface area contributed by atoms with Crippen LogP contribution in [0.1, 0.15) is 0 Å². The summed E-state index contributed by atoms with van der Waals surface area (Å²) < 4.78 is 43.2. The van der Waals surface area contributed by atoms with Crippen molar-refractivity contribution in [1.29, 1.82) is 0 Å². The molecule has 0 aliphatic heterocycles. The molecule has 16 heavy (non-hydrogen) atoms. The molecule has 0 saturated heterocycles. The highest BCUT2D eigenvalue weighted by Crippen LogP contribution is 2.16. The van der Waals surface area contributed by atoms with E-state index in [2.05, 4.69) is 0 Å². The van der Waals surface area contributed by atoms with E-state index in [9.17, 15) is 4.46 Å². The second-order valence-corrected chi connectivity index (χ2v) is 15.9. The van der Waals surface area contributed by atoms with Gasteiger partial charge < -0.3 is 31.0 Å². The van der Waals surface area contributed by atoms with Gasteiger partial charge in [-0.1, -0.05) is 0 Å². The molecule has 10 heteroatoms. The van der Waals surface area contributed by atoms with E-state index in [0.29, 0.717) is 0 Å². The fourth-order valence-electron chi connectivity index (χ4n) is 1.24. The Bertz CT molecular complexity index is 190. The van der Waals surface area contributed by atoms with E-state index in [0.717, 1.165) is 0 Å². The Labute approximate surface area is 98.5 Å². The normalized spacial score (nSPS) is 12.9. The van der Waals surface area contributed by atoms with Crippen molar-refractivity contribution in [2.75, 3.05) is 42.7 Å². The maximum Gasteiger partial charge on any atom is 0.545 e. The number of hydrogen-bond acceptors (Lipinski definition) is 7. The minimum Gasteiger partial charge on any atom is -0.378 e. The standard InChI is InChI=1S/C6H18O7Si3/c1-8-15(9-2,10-3)14(7)16(11-4,12-5)13-6/h1-6H3. The second-order valence-electron chi connectivity index (χ2n) is 2.67. The van der Waals surface area contributed by atoms with E-state index in [1.165, 1.54) is 42.7 Å². The summed E-state index contributed by atoms with van der Waals surface area (Å²) in [7, 11) is -0.906. The van der Waals surface area contributed by atoms with Gasteiger partial charge in [0, 0.05) is 42.7 Å². The quantitative estimate of drug-likeness (QED) is 0.547. The third-order valence-electron chi connectivity index (χ3n) is 2.17. The summed E-state index contributed by atoms with van der Waals surface area (Å²) in [5, 5.41) is 0. The Balaban J connectivity index is 5.26. The van der Waals surface area contributed by atoms with Crippen molar-refractivity contribution in [3.63, 3.8) is 0 Å². The van der Waals surface area contributed by atoms with Gasteiger partial charge in [0.05, 0.1) is 0 Å². The Morgan fingerprint density at radius 3 is 0.938 bits per heavy atom. The SMILES string of the molecule is CO[Si](OC)(OC)[Si](=O)[Si](OC)(OC)OC. The van der Waals surface area contributed by atoms with Gasteiger partial charge >= 0.3 is 24.4 Å². The number of rotatable bonds is 8. The topological polar surface area (TPSA) is 72.5 Å². The van der Waals surface area contributed by atoms with Crippen molar-refractivity contribution in [1.82, 2.24) is 0 Å². The van der Waals surface area contributed by atoms with Gasteiger partial charge in [0.15, 0.2) is 0 Å². The van der Waals surface area contributed by atoms with Gasteiger partial charge in [-0.2, -0.15) is 0 Å². The first-order valence-corrected chi connectivity index (χ1v) is 11.2. The van der Waals surface area contributed by atoms with E-state index in [1.807, 2.05) is 0 Å². The van der Waals surface area contributed by atoms with Crippen LogP contribution < -0.4 is 0 Å². The smallest absolute Gasteiger partial charge is 0.378 e. The highest BCUT2D eigenvalue weighted by atomic mass is 29.6. The molecule has 0 N–H and O–H groups in total. The van der Waals surface area contributed by atoms with Gasteiger partial charge in [-0.3, -0.25) is 0 Å². The molecule has 0 saturated carbocycles. The van der Waals surface area contributed by atoms with Crippen molar-refractivity contribution in [3.05, 3.63) is 0 Å². The van der Waals surface area contributed by atoms with Crippen LogP contribution in [0.25, 0.3) is 0 Å². The van der Waals surface area contributed by atoms with E-state index in [1.54, 1.807) is 0 Å². The van der Waals surface area contributed by atoms with E-state index >= 15 is 0 Å². The molecule has 0 aliphatic rings. The molecule has 0 heterocycles. The molecule has 0 amide bonds. The summed E-state index contributed by atoms with van der Waals surface area (Å²) in [5.74, 6) is 0. The maximum atomic E-state index is 12.4. The molecule has 96 valence electrons. The van der Waals surface area contributed by atoms with Gasteiger partial charge in [0.1, 0.15) is 0 Å². The first kappa shape index (κ1) is 16.2. The van der Waals surface area contributed by atoms with Crippen LogP contribution in [0.3, 0.4) is 0 Å². The summed E-state index contributed by atoms with van der Waals surface area (Å²) in [5.41, 5.74) is 0. The van der Waals surface area contributed by atoms with Crippen LogP contribution in [0.15, 0.2) is 0 Å². The first-order chi connectivity index (χ1) is 7.52. The average molecular weight is 286 g/mol. The fourth-order valence-corrected chi connectivity index (χ4v) is 17.1. The van der Waals surface area contributed by atoms with Gasteiger partial charge in [-0.15, -0.1) is 0 Å². The van der Waals surface area contributed by atoms with Gasteiger partial charge in [-0.05, 0) is 0 Å². The fraction of sp³-hybridized carbons (Fsp3) is 1.00. The van der Waals surface area contributed by atoms with Crippen LogP contribution in [0, 0.1) is 0 Å². The largest absolute Gasteiger partial charge is 0.545 e. The number of hydrogen-bond donors (Lipinski definition) is 0. The minimum absolute atomic E-state index is 1.38. The highest BCUT2D eigenvalue weighted by Gasteiger charge is 2.66. The monoisotopic (exact) mass is 286 g/mol. The second kappa shape index (κ2) is 6.83. The maximum absolute atomic E-state index is 12.4. The van der Waals surface area contributed by atoms with Gasteiger partial charge in [-0.25, -0.2) is 0 Å². The summed E-state index contributed by atoms with van der Waals surface area (Å²) in [4.78, 5) is 0. The van der Waals surface area contributed by atoms with Gasteiger partial charge in [0.2, 0.25) is 0 Å². The molecule has 0 bridgehead atoms. The van der Waals surface area contributed by atoms with Crippen molar-refractivity contribution in [2.24, 2.45) is 0 Å². The van der Waals surface area contributed by atoms with Crippen LogP contribution in [0.4, 0.5) is 0 Å². The Morgan fingerprint density at radius 1 is 0.625 bits per heavy atom. The van der Waals surface area contributed by atoms with Crippen molar-refractivity contribution >= 4 is 24.4 Å². The molecule has 0 spiro atoms. The molecule has 0 aromatic carbocycles. The molecule has 0 atom stereocenters.